The molecule has 0 aliphatic carbocycles. The Morgan fingerprint density at radius 3 is 2.86 bits per heavy atom. The molecule has 0 saturated heterocycles. The third-order valence-corrected chi connectivity index (χ3v) is 2.80. The Morgan fingerprint density at radius 1 is 1.33 bits per heavy atom. The molecule has 118 valence electrons. The fourth-order valence-electron chi connectivity index (χ4n) is 1.87. The van der Waals surface area contributed by atoms with Crippen LogP contribution >= 0.6 is 0 Å². The minimum atomic E-state index is -0.106. The second-order valence-electron chi connectivity index (χ2n) is 5.07. The van der Waals surface area contributed by atoms with E-state index in [1.165, 1.54) is 0 Å². The van der Waals surface area contributed by atoms with Crippen LogP contribution in [0.1, 0.15) is 46.5 Å². The summed E-state index contributed by atoms with van der Waals surface area (Å²) >= 11 is 0. The molecule has 0 aliphatic heterocycles. The van der Waals surface area contributed by atoms with Gasteiger partial charge in [0, 0.05) is 19.2 Å². The first-order valence-electron chi connectivity index (χ1n) is 7.64. The van der Waals surface area contributed by atoms with E-state index in [2.05, 4.69) is 10.3 Å². The van der Waals surface area contributed by atoms with E-state index >= 15 is 0 Å². The molecule has 0 atom stereocenters. The number of unbranched alkanes of at least 4 members (excludes halogenated alkanes) is 2. The van der Waals surface area contributed by atoms with Crippen molar-refractivity contribution in [3.63, 3.8) is 0 Å². The number of carbonyl (C=O) groups excluding carboxylic acids is 1. The van der Waals surface area contributed by atoms with E-state index in [1.54, 1.807) is 6.20 Å². The van der Waals surface area contributed by atoms with Crippen LogP contribution in [0.2, 0.25) is 0 Å². The summed E-state index contributed by atoms with van der Waals surface area (Å²) in [5, 5.41) is 3.33. The largest absolute Gasteiger partial charge is 0.473 e. The van der Waals surface area contributed by atoms with Gasteiger partial charge in [0.1, 0.15) is 0 Å². The summed E-state index contributed by atoms with van der Waals surface area (Å²) in [6.45, 7) is 7.08. The van der Waals surface area contributed by atoms with Crippen molar-refractivity contribution in [1.82, 2.24) is 4.98 Å². The van der Waals surface area contributed by atoms with E-state index in [0.29, 0.717) is 18.9 Å². The zero-order valence-corrected chi connectivity index (χ0v) is 13.2. The van der Waals surface area contributed by atoms with Gasteiger partial charge in [0.25, 0.3) is 0 Å². The summed E-state index contributed by atoms with van der Waals surface area (Å²) < 4.78 is 10.5. The number of aromatic nitrogens is 1. The van der Waals surface area contributed by atoms with Gasteiger partial charge in [0.05, 0.1) is 18.4 Å². The Morgan fingerprint density at radius 2 is 2.14 bits per heavy atom. The quantitative estimate of drug-likeness (QED) is 0.529. The number of carbonyl (C=O) groups is 1. The van der Waals surface area contributed by atoms with Crippen molar-refractivity contribution in [3.8, 4) is 5.88 Å². The molecule has 0 saturated carbocycles. The number of rotatable bonds is 10. The molecule has 0 unspecified atom stereocenters. The van der Waals surface area contributed by atoms with Crippen molar-refractivity contribution in [2.75, 3.05) is 18.5 Å². The number of esters is 1. The molecule has 0 fully saturated rings. The number of ether oxygens (including phenoxy) is 2. The summed E-state index contributed by atoms with van der Waals surface area (Å²) in [6.07, 6.45) is 5.18. The van der Waals surface area contributed by atoms with Gasteiger partial charge in [0.15, 0.2) is 0 Å². The van der Waals surface area contributed by atoms with Crippen molar-refractivity contribution in [2.24, 2.45) is 0 Å². The highest BCUT2D eigenvalue weighted by Gasteiger charge is 2.06. The van der Waals surface area contributed by atoms with Crippen molar-refractivity contribution < 1.29 is 14.3 Å². The summed E-state index contributed by atoms with van der Waals surface area (Å²) in [6, 6.07) is 3.85. The molecule has 0 aromatic carbocycles. The molecule has 5 heteroatoms. The zero-order valence-electron chi connectivity index (χ0n) is 13.2. The zero-order chi connectivity index (χ0) is 15.5. The number of nitrogens with one attached hydrogen (secondary N) is 1. The van der Waals surface area contributed by atoms with Crippen molar-refractivity contribution >= 4 is 11.7 Å². The third kappa shape index (κ3) is 7.54. The van der Waals surface area contributed by atoms with Gasteiger partial charge in [-0.05, 0) is 45.7 Å². The molecule has 5 nitrogen and oxygen atoms in total. The number of pyridine rings is 1. The van der Waals surface area contributed by atoms with E-state index in [1.807, 2.05) is 32.9 Å². The van der Waals surface area contributed by atoms with Crippen molar-refractivity contribution in [1.29, 1.82) is 0 Å². The maximum atomic E-state index is 11.2. The van der Waals surface area contributed by atoms with E-state index in [0.717, 1.165) is 31.5 Å². The van der Waals surface area contributed by atoms with Crippen LogP contribution in [-0.4, -0.2) is 30.2 Å². The van der Waals surface area contributed by atoms with Gasteiger partial charge in [-0.3, -0.25) is 4.79 Å². The molecular formula is C16H26N2O3. The van der Waals surface area contributed by atoms with Gasteiger partial charge in [-0.15, -0.1) is 0 Å². The fraction of sp³-hybridized carbons (Fsp3) is 0.625. The van der Waals surface area contributed by atoms with E-state index in [4.69, 9.17) is 9.47 Å². The smallest absolute Gasteiger partial charge is 0.305 e. The van der Waals surface area contributed by atoms with Gasteiger partial charge in [-0.25, -0.2) is 4.98 Å². The molecule has 1 aromatic heterocycles. The van der Waals surface area contributed by atoms with E-state index in [-0.39, 0.29) is 12.1 Å². The Hall–Kier alpha value is -1.78. The summed E-state index contributed by atoms with van der Waals surface area (Å²) in [4.78, 5) is 15.4. The summed E-state index contributed by atoms with van der Waals surface area (Å²) in [5.74, 6) is 0.532. The van der Waals surface area contributed by atoms with Gasteiger partial charge in [-0.2, -0.15) is 0 Å². The predicted molar refractivity (Wildman–Crippen MR) is 83.6 cm³/mol. The molecular weight excluding hydrogens is 268 g/mol. The maximum Gasteiger partial charge on any atom is 0.305 e. The van der Waals surface area contributed by atoms with Crippen molar-refractivity contribution in [2.45, 2.75) is 52.6 Å². The van der Waals surface area contributed by atoms with Gasteiger partial charge in [0.2, 0.25) is 5.88 Å². The van der Waals surface area contributed by atoms with Crippen LogP contribution < -0.4 is 10.1 Å². The normalized spacial score (nSPS) is 10.5. The molecule has 1 rings (SSSR count). The van der Waals surface area contributed by atoms with Gasteiger partial charge in [-0.1, -0.05) is 6.42 Å². The van der Waals surface area contributed by atoms with E-state index in [9.17, 15) is 4.79 Å². The molecule has 0 radical (unpaired) electrons. The van der Waals surface area contributed by atoms with E-state index < -0.39 is 0 Å². The van der Waals surface area contributed by atoms with Crippen molar-refractivity contribution in [3.05, 3.63) is 18.3 Å². The summed E-state index contributed by atoms with van der Waals surface area (Å²) in [5.41, 5.74) is 0.914. The predicted octanol–water partition coefficient (Wildman–Crippen LogP) is 3.40. The number of nitrogens with zero attached hydrogens (tertiary/aromatic N) is 1. The number of hydrogen-bond donors (Lipinski definition) is 1. The average Bonchev–Trinajstić information content (AvgIpc) is 2.44. The van der Waals surface area contributed by atoms with Crippen LogP contribution in [0.25, 0.3) is 0 Å². The average molecular weight is 294 g/mol. The minimum absolute atomic E-state index is 0.102. The van der Waals surface area contributed by atoms with Crippen LogP contribution in [0.15, 0.2) is 18.3 Å². The summed E-state index contributed by atoms with van der Waals surface area (Å²) in [7, 11) is 0. The second kappa shape index (κ2) is 10.0. The lowest BCUT2D eigenvalue weighted by Crippen LogP contribution is -2.10. The third-order valence-electron chi connectivity index (χ3n) is 2.80. The first-order chi connectivity index (χ1) is 10.1. The van der Waals surface area contributed by atoms with Crippen LogP contribution in [0, 0.1) is 0 Å². The highest BCUT2D eigenvalue weighted by molar-refractivity contribution is 5.69. The maximum absolute atomic E-state index is 11.2. The fourth-order valence-corrected chi connectivity index (χ4v) is 1.87. The second-order valence-corrected chi connectivity index (χ2v) is 5.07. The molecule has 0 amide bonds. The Balaban J connectivity index is 2.22. The van der Waals surface area contributed by atoms with Crippen LogP contribution in [-0.2, 0) is 9.53 Å². The number of hydrogen-bond acceptors (Lipinski definition) is 5. The molecule has 0 aliphatic rings. The monoisotopic (exact) mass is 294 g/mol. The van der Waals surface area contributed by atoms with Gasteiger partial charge >= 0.3 is 5.97 Å². The highest BCUT2D eigenvalue weighted by Crippen LogP contribution is 2.21. The minimum Gasteiger partial charge on any atom is -0.473 e. The highest BCUT2D eigenvalue weighted by atomic mass is 16.5. The number of anilines is 1. The lowest BCUT2D eigenvalue weighted by Gasteiger charge is -2.14. The molecule has 21 heavy (non-hydrogen) atoms. The molecule has 1 N–H and O–H groups in total. The molecule has 1 aromatic rings. The molecule has 1 heterocycles. The molecule has 0 spiro atoms. The lowest BCUT2D eigenvalue weighted by molar-refractivity contribution is -0.143. The lowest BCUT2D eigenvalue weighted by atomic mass is 10.2. The van der Waals surface area contributed by atoms with Gasteiger partial charge < -0.3 is 14.8 Å². The Bertz CT molecular complexity index is 422. The molecule has 0 bridgehead atoms. The Kier molecular flexibility index (Phi) is 8.24. The topological polar surface area (TPSA) is 60.5 Å². The Labute approximate surface area is 127 Å². The van der Waals surface area contributed by atoms with Crippen LogP contribution in [0.5, 0.6) is 5.88 Å². The first-order valence-corrected chi connectivity index (χ1v) is 7.64. The van der Waals surface area contributed by atoms with Crippen LogP contribution in [0.4, 0.5) is 5.69 Å². The van der Waals surface area contributed by atoms with Crippen LogP contribution in [0.3, 0.4) is 0 Å². The standard InChI is InChI=1S/C16H26N2O3/c1-4-20-15(19)10-6-5-7-11-17-14-9-8-12-18-16(14)21-13(2)3/h8-9,12-13,17H,4-7,10-11H2,1-3H3. The first kappa shape index (κ1) is 17.3. The SMILES string of the molecule is CCOC(=O)CCCCCNc1cccnc1OC(C)C.